The molecule has 0 aromatic heterocycles. The maximum Gasteiger partial charge on any atom is 2.00 e. The van der Waals surface area contributed by atoms with Crippen molar-refractivity contribution in [3.05, 3.63) is 0 Å². The number of alkyl halides is 30. The first-order valence-electron chi connectivity index (χ1n) is 9.99. The molecule has 0 aromatic carbocycles. The third-order valence-electron chi connectivity index (χ3n) is 5.17. The smallest absolute Gasteiger partial charge is 0.544 e. The van der Waals surface area contributed by atoms with Crippen LogP contribution in [0.4, 0.5) is 132 Å². The molecule has 0 fully saturated rings. The molecule has 0 aliphatic carbocycles. The fourth-order valence-corrected chi connectivity index (χ4v) is 2.19. The van der Waals surface area contributed by atoms with Crippen LogP contribution in [0.3, 0.4) is 0 Å². The molecule has 0 radical (unpaired) electrons. The molecular weight excluding hydrogens is 882 g/mol. The van der Waals surface area contributed by atoms with Gasteiger partial charge in [-0.05, 0) is 0 Å². The Morgan fingerprint density at radius 3 is 0.490 bits per heavy atom. The van der Waals surface area contributed by atoms with E-state index in [4.69, 9.17) is 0 Å². The normalized spacial score (nSPS) is 15.8. The fourth-order valence-electron chi connectivity index (χ4n) is 2.19. The second kappa shape index (κ2) is 13.3. The van der Waals surface area contributed by atoms with Crippen molar-refractivity contribution in [2.45, 2.75) is 83.4 Å². The molecule has 306 valence electrons. The minimum atomic E-state index is -8.50. The molecule has 0 amide bonds. The van der Waals surface area contributed by atoms with E-state index >= 15 is 0 Å². The molecule has 0 bridgehead atoms. The Morgan fingerprint density at radius 2 is 0.373 bits per heavy atom. The average Bonchev–Trinajstić information content (AvgIpc) is 2.86. The number of carboxylic acid groups (broad SMARTS) is 2. The van der Waals surface area contributed by atoms with E-state index < -0.39 is 95.4 Å². The van der Waals surface area contributed by atoms with Crippen molar-refractivity contribution < 1.29 is 169 Å². The summed E-state index contributed by atoms with van der Waals surface area (Å²) in [6.45, 7) is 0. The van der Waals surface area contributed by atoms with Gasteiger partial charge in [-0.15, -0.1) is 0 Å². The second-order valence-corrected chi connectivity index (χ2v) is 8.46. The van der Waals surface area contributed by atoms with Gasteiger partial charge < -0.3 is 19.8 Å². The summed E-state index contributed by atoms with van der Waals surface area (Å²) < 4.78 is 372. The van der Waals surface area contributed by atoms with Gasteiger partial charge in [-0.3, -0.25) is 0 Å². The molecule has 35 heteroatoms. The summed E-state index contributed by atoms with van der Waals surface area (Å²) in [5.41, 5.74) is 0. The summed E-state index contributed by atoms with van der Waals surface area (Å²) >= 11 is 0. The van der Waals surface area contributed by atoms with Gasteiger partial charge in [0.05, 0.1) is 0 Å². The SMILES string of the molecule is O=C([O-])C(F)(F)C(F)(F)C(F)(F)C(F)(F)C(F)(F)C(F)(F)C(F)(F)F.O=C([O-])C(F)(F)C(F)(F)C(F)(F)C(F)(F)C(F)(F)C(F)(F)C(F)(F)F.[Fe+2]. The Hall–Kier alpha value is -2.64. The predicted molar refractivity (Wildman–Crippen MR) is 81.5 cm³/mol. The van der Waals surface area contributed by atoms with Crippen molar-refractivity contribution in [3.63, 3.8) is 0 Å². The molecule has 51 heavy (non-hydrogen) atoms. The number of hydrogen-bond acceptors (Lipinski definition) is 4. The quantitative estimate of drug-likeness (QED) is 0.173. The molecule has 0 spiro atoms. The molecule has 0 saturated carbocycles. The van der Waals surface area contributed by atoms with Crippen LogP contribution in [0.5, 0.6) is 0 Å². The molecule has 0 aliphatic rings. The number of carboxylic acids is 2. The molecular formula is C16F30FeO4. The van der Waals surface area contributed by atoms with E-state index in [0.717, 1.165) is 0 Å². The molecule has 0 heterocycles. The number of rotatable bonds is 12. The third kappa shape index (κ3) is 7.07. The molecule has 0 aliphatic heterocycles. The predicted octanol–water partition coefficient (Wildman–Crippen LogP) is 6.22. The molecule has 0 saturated heterocycles. The van der Waals surface area contributed by atoms with Crippen LogP contribution < -0.4 is 10.2 Å². The maximum absolute atomic E-state index is 12.8. The first-order valence-corrected chi connectivity index (χ1v) is 9.99. The van der Waals surface area contributed by atoms with Gasteiger partial charge in [0.2, 0.25) is 0 Å². The van der Waals surface area contributed by atoms with Gasteiger partial charge in [0, 0.05) is 0 Å². The van der Waals surface area contributed by atoms with E-state index in [1.165, 1.54) is 0 Å². The largest absolute Gasteiger partial charge is 2.00 e. The molecule has 0 unspecified atom stereocenters. The van der Waals surface area contributed by atoms with Crippen LogP contribution in [-0.4, -0.2) is 95.4 Å². The van der Waals surface area contributed by atoms with Crippen molar-refractivity contribution in [1.29, 1.82) is 0 Å². The van der Waals surface area contributed by atoms with E-state index in [1.807, 2.05) is 0 Å². The third-order valence-corrected chi connectivity index (χ3v) is 5.17. The molecule has 0 aromatic rings. The van der Waals surface area contributed by atoms with Gasteiger partial charge in [-0.1, -0.05) is 0 Å². The zero-order valence-corrected chi connectivity index (χ0v) is 22.4. The van der Waals surface area contributed by atoms with Gasteiger partial charge in [0.1, 0.15) is 11.9 Å². The van der Waals surface area contributed by atoms with Gasteiger partial charge in [-0.25, -0.2) is 0 Å². The van der Waals surface area contributed by atoms with E-state index in [9.17, 15) is 152 Å². The monoisotopic (exact) mass is 882 g/mol. The Bertz CT molecular complexity index is 1160. The Balaban J connectivity index is -0.000000886. The van der Waals surface area contributed by atoms with Crippen LogP contribution in [0.25, 0.3) is 0 Å². The number of aliphatic carboxylic acids is 2. The minimum absolute atomic E-state index is 0. The van der Waals surface area contributed by atoms with Crippen LogP contribution in [0.15, 0.2) is 0 Å². The number of hydrogen-bond donors (Lipinski definition) is 0. The van der Waals surface area contributed by atoms with E-state index in [1.54, 1.807) is 0 Å². The van der Waals surface area contributed by atoms with Crippen molar-refractivity contribution >= 4 is 11.9 Å². The fraction of sp³-hybridized carbons (Fsp3) is 0.875. The Labute approximate surface area is 265 Å². The molecule has 0 atom stereocenters. The Morgan fingerprint density at radius 1 is 0.255 bits per heavy atom. The number of carbonyl (C=O) groups excluding carboxylic acids is 2. The zero-order valence-electron chi connectivity index (χ0n) is 21.3. The van der Waals surface area contributed by atoms with Crippen LogP contribution in [0.2, 0.25) is 0 Å². The number of carbonyl (C=O) groups is 2. The average molecular weight is 882 g/mol. The summed E-state index contributed by atoms with van der Waals surface area (Å²) in [5.74, 6) is -107. The van der Waals surface area contributed by atoms with Crippen molar-refractivity contribution in [1.82, 2.24) is 0 Å². The molecule has 0 rings (SSSR count). The molecule has 0 N–H and O–H groups in total. The standard InChI is InChI=1S/2C8HF15O2.Fe/c2*9-2(10,1(24)25)3(11,12)4(13,14)5(15,16)6(17,18)7(19,20)8(21,22)23;/h2*(H,24,25);/q;;+2/p-2. The second-order valence-electron chi connectivity index (χ2n) is 8.46. The van der Waals surface area contributed by atoms with Crippen LogP contribution >= 0.6 is 0 Å². The Kier molecular flexibility index (Phi) is 13.8. The van der Waals surface area contributed by atoms with Crippen molar-refractivity contribution in [2.75, 3.05) is 0 Å². The van der Waals surface area contributed by atoms with Gasteiger partial charge in [0.25, 0.3) is 0 Å². The summed E-state index contributed by atoms with van der Waals surface area (Å²) in [6, 6.07) is 0. The summed E-state index contributed by atoms with van der Waals surface area (Å²) in [4.78, 5) is 19.2. The number of halogens is 30. The topological polar surface area (TPSA) is 80.3 Å². The van der Waals surface area contributed by atoms with E-state index in [2.05, 4.69) is 0 Å². The van der Waals surface area contributed by atoms with E-state index in [0.29, 0.717) is 0 Å². The van der Waals surface area contributed by atoms with Crippen molar-refractivity contribution in [3.8, 4) is 0 Å². The summed E-state index contributed by atoms with van der Waals surface area (Å²) in [7, 11) is 0. The first kappa shape index (κ1) is 52.7. The summed E-state index contributed by atoms with van der Waals surface area (Å²) in [6.07, 6.45) is -15.4. The summed E-state index contributed by atoms with van der Waals surface area (Å²) in [5, 5.41) is 19.2. The van der Waals surface area contributed by atoms with Crippen molar-refractivity contribution in [2.24, 2.45) is 0 Å². The molecule has 4 nitrogen and oxygen atoms in total. The maximum atomic E-state index is 12.8. The first-order chi connectivity index (χ1) is 20.9. The zero-order chi connectivity index (χ0) is 42.2. The van der Waals surface area contributed by atoms with Crippen LogP contribution in [0, 0.1) is 0 Å². The van der Waals surface area contributed by atoms with E-state index in [-0.39, 0.29) is 17.1 Å². The van der Waals surface area contributed by atoms with Gasteiger partial charge in [0.15, 0.2) is 0 Å². The minimum Gasteiger partial charge on any atom is -0.544 e. The van der Waals surface area contributed by atoms with Gasteiger partial charge in [-0.2, -0.15) is 132 Å². The van der Waals surface area contributed by atoms with Crippen LogP contribution in [-0.2, 0) is 26.7 Å². The van der Waals surface area contributed by atoms with Crippen LogP contribution in [0.1, 0.15) is 0 Å². The van der Waals surface area contributed by atoms with Gasteiger partial charge >= 0.3 is 100 Å².